The molecule has 1 heterocycles. The number of nitrogens with two attached hydrogens (primary N) is 1. The molecule has 0 spiro atoms. The number of nitrogen functional groups attached to an aromatic ring is 1. The predicted molar refractivity (Wildman–Crippen MR) is 114 cm³/mol. The minimum atomic E-state index is -0.616. The van der Waals surface area contributed by atoms with Gasteiger partial charge in [0.2, 0.25) is 0 Å². The highest BCUT2D eigenvalue weighted by Crippen LogP contribution is 2.36. The number of hydrogen-bond acceptors (Lipinski definition) is 4. The molecule has 0 radical (unpaired) electrons. The largest absolute Gasteiger partial charge is 0.463 e. The molecule has 0 aromatic heterocycles. The molecule has 1 aliphatic rings. The molecule has 29 heavy (non-hydrogen) atoms. The number of nitrogens with one attached hydrogen (secondary N) is 1. The first-order chi connectivity index (χ1) is 14.1. The number of ether oxygens (including phenoxy) is 1. The normalized spacial score (nSPS) is 16.6. The zero-order valence-corrected chi connectivity index (χ0v) is 16.9. The fraction of sp³-hybridized carbons (Fsp3) is 0.304. The maximum atomic E-state index is 13.1. The fourth-order valence-electron chi connectivity index (χ4n) is 3.46. The van der Waals surface area contributed by atoms with Gasteiger partial charge in [0.1, 0.15) is 0 Å². The van der Waals surface area contributed by atoms with Crippen LogP contribution in [-0.2, 0) is 9.53 Å². The molecule has 6 heteroatoms. The third kappa shape index (κ3) is 4.42. The van der Waals surface area contributed by atoms with Gasteiger partial charge in [0.05, 0.1) is 23.9 Å². The van der Waals surface area contributed by atoms with Gasteiger partial charge in [-0.05, 0) is 36.6 Å². The van der Waals surface area contributed by atoms with Gasteiger partial charge in [-0.1, -0.05) is 55.8 Å². The molecule has 6 nitrogen and oxygen atoms in total. The lowest BCUT2D eigenvalue weighted by molar-refractivity contribution is -0.138. The van der Waals surface area contributed by atoms with Crippen molar-refractivity contribution in [1.82, 2.24) is 10.2 Å². The van der Waals surface area contributed by atoms with E-state index in [1.807, 2.05) is 42.5 Å². The van der Waals surface area contributed by atoms with Crippen LogP contribution in [0.5, 0.6) is 0 Å². The van der Waals surface area contributed by atoms with Crippen molar-refractivity contribution < 1.29 is 14.3 Å². The van der Waals surface area contributed by atoms with E-state index in [2.05, 4.69) is 12.2 Å². The zero-order chi connectivity index (χ0) is 20.8. The molecule has 2 aromatic rings. The van der Waals surface area contributed by atoms with Crippen molar-refractivity contribution in [3.8, 4) is 0 Å². The number of carbonyl (C=O) groups excluding carboxylic acids is 2. The van der Waals surface area contributed by atoms with Crippen LogP contribution in [-0.4, -0.2) is 30.1 Å². The average Bonchev–Trinajstić information content (AvgIpc) is 2.73. The smallest absolute Gasteiger partial charge is 0.338 e. The number of amides is 2. The van der Waals surface area contributed by atoms with Crippen molar-refractivity contribution in [2.24, 2.45) is 0 Å². The zero-order valence-electron chi connectivity index (χ0n) is 16.9. The summed E-state index contributed by atoms with van der Waals surface area (Å²) >= 11 is 0. The first-order valence-corrected chi connectivity index (χ1v) is 9.97. The second kappa shape index (κ2) is 9.28. The van der Waals surface area contributed by atoms with Crippen LogP contribution in [0, 0.1) is 0 Å². The summed E-state index contributed by atoms with van der Waals surface area (Å²) in [5, 5.41) is 2.99. The molecule has 1 aliphatic heterocycles. The Hall–Kier alpha value is -3.28. The molecule has 0 saturated heterocycles. The van der Waals surface area contributed by atoms with Crippen LogP contribution in [0.1, 0.15) is 43.9 Å². The Kier molecular flexibility index (Phi) is 6.54. The van der Waals surface area contributed by atoms with Crippen LogP contribution in [0.25, 0.3) is 5.70 Å². The second-order valence-electron chi connectivity index (χ2n) is 6.90. The number of anilines is 1. The van der Waals surface area contributed by atoms with E-state index in [0.717, 1.165) is 24.0 Å². The Morgan fingerprint density at radius 3 is 2.41 bits per heavy atom. The fourth-order valence-corrected chi connectivity index (χ4v) is 3.46. The van der Waals surface area contributed by atoms with E-state index in [9.17, 15) is 9.59 Å². The summed E-state index contributed by atoms with van der Waals surface area (Å²) in [7, 11) is 0. The Labute approximate surface area is 171 Å². The minimum Gasteiger partial charge on any atom is -0.463 e. The summed E-state index contributed by atoms with van der Waals surface area (Å²) in [6.45, 7) is 4.61. The van der Waals surface area contributed by atoms with Gasteiger partial charge in [-0.2, -0.15) is 0 Å². The third-order valence-corrected chi connectivity index (χ3v) is 4.87. The van der Waals surface area contributed by atoms with Crippen LogP contribution in [0.4, 0.5) is 10.5 Å². The quantitative estimate of drug-likeness (QED) is 0.548. The molecule has 3 rings (SSSR count). The maximum absolute atomic E-state index is 13.1. The van der Waals surface area contributed by atoms with Crippen molar-refractivity contribution in [3.05, 3.63) is 71.3 Å². The van der Waals surface area contributed by atoms with Gasteiger partial charge in [-0.3, -0.25) is 4.90 Å². The highest BCUT2D eigenvalue weighted by atomic mass is 16.5. The van der Waals surface area contributed by atoms with E-state index in [4.69, 9.17) is 10.5 Å². The SMILES string of the molecule is CCCCN1C(=O)NC(c2ccc(N)cc2)C(C(=O)OCC)=C1c1ccccc1. The predicted octanol–water partition coefficient (Wildman–Crippen LogP) is 4.11. The summed E-state index contributed by atoms with van der Waals surface area (Å²) in [5.41, 5.74) is 9.05. The molecule has 2 aromatic carbocycles. The van der Waals surface area contributed by atoms with Crippen LogP contribution in [0.15, 0.2) is 60.2 Å². The van der Waals surface area contributed by atoms with E-state index >= 15 is 0 Å². The lowest BCUT2D eigenvalue weighted by Crippen LogP contribution is -2.48. The average molecular weight is 393 g/mol. The van der Waals surface area contributed by atoms with Gasteiger partial charge in [-0.15, -0.1) is 0 Å². The van der Waals surface area contributed by atoms with E-state index in [0.29, 0.717) is 23.5 Å². The molecule has 2 amide bonds. The molecule has 1 atom stereocenters. The van der Waals surface area contributed by atoms with Crippen molar-refractivity contribution in [1.29, 1.82) is 0 Å². The van der Waals surface area contributed by atoms with Crippen LogP contribution in [0.2, 0.25) is 0 Å². The summed E-state index contributed by atoms with van der Waals surface area (Å²) in [6.07, 6.45) is 1.76. The molecule has 3 N–H and O–H groups in total. The van der Waals surface area contributed by atoms with Crippen molar-refractivity contribution in [2.45, 2.75) is 32.7 Å². The number of hydrogen-bond donors (Lipinski definition) is 2. The lowest BCUT2D eigenvalue weighted by Gasteiger charge is -2.37. The van der Waals surface area contributed by atoms with E-state index < -0.39 is 12.0 Å². The number of rotatable bonds is 7. The molecule has 0 saturated carbocycles. The van der Waals surface area contributed by atoms with Crippen molar-refractivity contribution in [3.63, 3.8) is 0 Å². The molecule has 0 fully saturated rings. The Balaban J connectivity index is 2.22. The highest BCUT2D eigenvalue weighted by molar-refractivity contribution is 6.04. The molecule has 1 unspecified atom stereocenters. The van der Waals surface area contributed by atoms with E-state index in [1.165, 1.54) is 0 Å². The topological polar surface area (TPSA) is 84.7 Å². The number of urea groups is 1. The minimum absolute atomic E-state index is 0.229. The first-order valence-electron chi connectivity index (χ1n) is 9.97. The molecule has 152 valence electrons. The van der Waals surface area contributed by atoms with E-state index in [-0.39, 0.29) is 12.6 Å². The van der Waals surface area contributed by atoms with Crippen LogP contribution in [0.3, 0.4) is 0 Å². The lowest BCUT2D eigenvalue weighted by atomic mass is 9.91. The molecular formula is C23H27N3O3. The number of carbonyl (C=O) groups is 2. The van der Waals surface area contributed by atoms with Crippen LogP contribution >= 0.6 is 0 Å². The molecule has 0 bridgehead atoms. The van der Waals surface area contributed by atoms with Gasteiger partial charge >= 0.3 is 12.0 Å². The summed E-state index contributed by atoms with van der Waals surface area (Å²) in [5.74, 6) is -0.435. The van der Waals surface area contributed by atoms with Crippen LogP contribution < -0.4 is 11.1 Å². The summed E-state index contributed by atoms with van der Waals surface area (Å²) in [4.78, 5) is 27.8. The van der Waals surface area contributed by atoms with E-state index in [1.54, 1.807) is 24.0 Å². The number of unbranched alkanes of at least 4 members (excludes halogenated alkanes) is 1. The standard InChI is InChI=1S/C23H27N3O3/c1-3-5-15-26-21(17-9-7-6-8-10-17)19(22(27)29-4-2)20(25-23(26)28)16-11-13-18(24)14-12-16/h6-14,20H,3-5,15,24H2,1-2H3,(H,25,28). The Bertz CT molecular complexity index is 891. The maximum Gasteiger partial charge on any atom is 0.338 e. The number of esters is 1. The second-order valence-corrected chi connectivity index (χ2v) is 6.90. The van der Waals surface area contributed by atoms with Gasteiger partial charge in [0.15, 0.2) is 0 Å². The van der Waals surface area contributed by atoms with Gasteiger partial charge in [0.25, 0.3) is 0 Å². The Morgan fingerprint density at radius 1 is 1.10 bits per heavy atom. The molecular weight excluding hydrogens is 366 g/mol. The Morgan fingerprint density at radius 2 is 1.79 bits per heavy atom. The third-order valence-electron chi connectivity index (χ3n) is 4.87. The van der Waals surface area contributed by atoms with Gasteiger partial charge in [-0.25, -0.2) is 9.59 Å². The number of nitrogens with zero attached hydrogens (tertiary/aromatic N) is 1. The van der Waals surface area contributed by atoms with Gasteiger partial charge < -0.3 is 15.8 Å². The highest BCUT2D eigenvalue weighted by Gasteiger charge is 2.38. The first kappa shape index (κ1) is 20.5. The molecule has 0 aliphatic carbocycles. The summed E-state index contributed by atoms with van der Waals surface area (Å²) < 4.78 is 5.40. The monoisotopic (exact) mass is 393 g/mol. The van der Waals surface area contributed by atoms with Crippen molar-refractivity contribution in [2.75, 3.05) is 18.9 Å². The summed E-state index contributed by atoms with van der Waals surface area (Å²) in [6, 6.07) is 15.8. The van der Waals surface area contributed by atoms with Gasteiger partial charge in [0, 0.05) is 12.2 Å². The van der Waals surface area contributed by atoms with Crippen molar-refractivity contribution >= 4 is 23.4 Å². The number of benzene rings is 2.